The van der Waals surface area contributed by atoms with E-state index in [0.717, 1.165) is 19.4 Å². The second-order valence-electron chi connectivity index (χ2n) is 8.48. The van der Waals surface area contributed by atoms with E-state index in [1.807, 2.05) is 0 Å². The Bertz CT molecular complexity index is 935. The van der Waals surface area contributed by atoms with Crippen LogP contribution >= 0.6 is 0 Å². The number of aliphatic hydroxyl groups is 1. The van der Waals surface area contributed by atoms with Crippen LogP contribution in [0, 0.1) is 0 Å². The van der Waals surface area contributed by atoms with Gasteiger partial charge in [-0.05, 0) is 79.0 Å². The lowest BCUT2D eigenvalue weighted by atomic mass is 9.90. The van der Waals surface area contributed by atoms with Crippen molar-refractivity contribution in [1.82, 2.24) is 4.90 Å². The van der Waals surface area contributed by atoms with Crippen molar-refractivity contribution in [2.45, 2.75) is 51.2 Å². The van der Waals surface area contributed by atoms with E-state index in [4.69, 9.17) is 10.2 Å². The maximum Gasteiger partial charge on any atom is 0.328 e. The molecule has 2 aromatic rings. The van der Waals surface area contributed by atoms with Crippen LogP contribution in [0.15, 0.2) is 48.6 Å². The Labute approximate surface area is 188 Å². The molecule has 0 bridgehead atoms. The third-order valence-corrected chi connectivity index (χ3v) is 6.00. The zero-order valence-corrected chi connectivity index (χ0v) is 18.5. The lowest BCUT2D eigenvalue weighted by Gasteiger charge is -2.25. The number of aliphatic hydroxyl groups excluding tert-OH is 1. The van der Waals surface area contributed by atoms with E-state index in [-0.39, 0.29) is 6.10 Å². The molecule has 32 heavy (non-hydrogen) atoms. The molecule has 4 rings (SSSR count). The summed E-state index contributed by atoms with van der Waals surface area (Å²) >= 11 is 0. The molecule has 0 aliphatic heterocycles. The van der Waals surface area contributed by atoms with Crippen LogP contribution in [0.4, 0.5) is 0 Å². The minimum absolute atomic E-state index is 0.362. The molecule has 2 aliphatic carbocycles. The smallest absolute Gasteiger partial charge is 0.328 e. The molecule has 6 heteroatoms. The Morgan fingerprint density at radius 1 is 0.938 bits per heavy atom. The highest BCUT2D eigenvalue weighted by Crippen LogP contribution is 2.38. The van der Waals surface area contributed by atoms with Crippen LogP contribution in [0.1, 0.15) is 52.3 Å². The van der Waals surface area contributed by atoms with Gasteiger partial charge in [0.05, 0.1) is 6.10 Å². The third kappa shape index (κ3) is 6.28. The van der Waals surface area contributed by atoms with Crippen LogP contribution < -0.4 is 0 Å². The predicted molar refractivity (Wildman–Crippen MR) is 123 cm³/mol. The first kappa shape index (κ1) is 23.7. The quantitative estimate of drug-likeness (QED) is 0.573. The van der Waals surface area contributed by atoms with Crippen molar-refractivity contribution < 1.29 is 24.9 Å². The standard InChI is InChI=1S/C22H27NO.C4H4O4/c1-23(14-16-7-3-2-4-8-16)15-21(24)22-19-11-5-9-17(19)13-18-10-6-12-20(18)22;5-3(6)1-2-4(7)8/h2-4,7-8,13,21,24H,5-6,9-12,14-15H2,1H3;1-2H,(H,5,6)(H,7,8)/b;2-1-. The first-order valence-corrected chi connectivity index (χ1v) is 11.1. The summed E-state index contributed by atoms with van der Waals surface area (Å²) in [5.41, 5.74) is 8.55. The van der Waals surface area contributed by atoms with Gasteiger partial charge in [-0.3, -0.25) is 4.90 Å². The van der Waals surface area contributed by atoms with Crippen molar-refractivity contribution in [1.29, 1.82) is 0 Å². The molecule has 0 saturated heterocycles. The van der Waals surface area contributed by atoms with Crippen molar-refractivity contribution >= 4 is 11.9 Å². The van der Waals surface area contributed by atoms with Gasteiger partial charge in [-0.25, -0.2) is 9.59 Å². The highest BCUT2D eigenvalue weighted by molar-refractivity contribution is 5.89. The minimum Gasteiger partial charge on any atom is -0.478 e. The topological polar surface area (TPSA) is 98.1 Å². The molecule has 3 N–H and O–H groups in total. The Morgan fingerprint density at radius 3 is 1.97 bits per heavy atom. The number of carboxylic acids is 2. The number of rotatable bonds is 7. The molecule has 0 fully saturated rings. The predicted octanol–water partition coefficient (Wildman–Crippen LogP) is 3.54. The molecule has 2 aliphatic rings. The van der Waals surface area contributed by atoms with E-state index in [9.17, 15) is 14.7 Å². The van der Waals surface area contributed by atoms with Crippen molar-refractivity contribution in [3.8, 4) is 0 Å². The summed E-state index contributed by atoms with van der Waals surface area (Å²) in [5.74, 6) is -2.51. The Hall–Kier alpha value is -2.96. The fourth-order valence-electron chi connectivity index (χ4n) is 4.75. The maximum atomic E-state index is 11.1. The number of benzene rings is 2. The zero-order chi connectivity index (χ0) is 23.1. The van der Waals surface area contributed by atoms with Gasteiger partial charge in [0.15, 0.2) is 0 Å². The summed E-state index contributed by atoms with van der Waals surface area (Å²) in [5, 5.41) is 26.7. The molecular formula is C26H31NO5. The third-order valence-electron chi connectivity index (χ3n) is 6.00. The monoisotopic (exact) mass is 437 g/mol. The summed E-state index contributed by atoms with van der Waals surface area (Å²) in [6, 6.07) is 13.0. The molecule has 1 unspecified atom stereocenters. The number of nitrogens with zero attached hydrogens (tertiary/aromatic N) is 1. The van der Waals surface area contributed by atoms with Gasteiger partial charge in [-0.15, -0.1) is 0 Å². The first-order valence-electron chi connectivity index (χ1n) is 11.1. The lowest BCUT2D eigenvalue weighted by molar-refractivity contribution is -0.134. The van der Waals surface area contributed by atoms with Crippen LogP contribution in [0.2, 0.25) is 0 Å². The van der Waals surface area contributed by atoms with Gasteiger partial charge in [0.1, 0.15) is 0 Å². The number of hydrogen-bond donors (Lipinski definition) is 3. The average molecular weight is 438 g/mol. The van der Waals surface area contributed by atoms with Gasteiger partial charge in [0, 0.05) is 25.2 Å². The summed E-state index contributed by atoms with van der Waals surface area (Å²) in [6.07, 6.45) is 7.94. The van der Waals surface area contributed by atoms with Crippen molar-refractivity contribution in [2.24, 2.45) is 0 Å². The van der Waals surface area contributed by atoms with Crippen molar-refractivity contribution in [3.63, 3.8) is 0 Å². The molecule has 2 aromatic carbocycles. The van der Waals surface area contributed by atoms with E-state index in [1.54, 1.807) is 0 Å². The average Bonchev–Trinajstić information content (AvgIpc) is 3.40. The molecular weight excluding hydrogens is 406 g/mol. The summed E-state index contributed by atoms with van der Waals surface area (Å²) in [6.45, 7) is 1.59. The second-order valence-corrected chi connectivity index (χ2v) is 8.48. The second kappa shape index (κ2) is 11.1. The number of hydrogen-bond acceptors (Lipinski definition) is 4. The van der Waals surface area contributed by atoms with Crippen LogP contribution in [0.3, 0.4) is 0 Å². The van der Waals surface area contributed by atoms with Crippen LogP contribution in [0.5, 0.6) is 0 Å². The molecule has 1 atom stereocenters. The zero-order valence-electron chi connectivity index (χ0n) is 18.5. The SMILES string of the molecule is CN(Cc1ccccc1)CC(O)c1c2c(cc3c1CCC3)CCC2.O=C(O)/C=C\C(=O)O. The minimum atomic E-state index is -1.26. The number of likely N-dealkylation sites (N-methyl/N-ethyl adjacent to an activating group) is 1. The molecule has 0 radical (unpaired) electrons. The first-order chi connectivity index (χ1) is 15.3. The Morgan fingerprint density at radius 2 is 1.47 bits per heavy atom. The number of fused-ring (bicyclic) bond motifs is 2. The molecule has 0 heterocycles. The fourth-order valence-corrected chi connectivity index (χ4v) is 4.75. The van der Waals surface area contributed by atoms with Crippen molar-refractivity contribution in [3.05, 3.63) is 81.9 Å². The molecule has 0 saturated carbocycles. The van der Waals surface area contributed by atoms with Gasteiger partial charge >= 0.3 is 11.9 Å². The highest BCUT2D eigenvalue weighted by Gasteiger charge is 2.27. The van der Waals surface area contributed by atoms with Gasteiger partial charge < -0.3 is 15.3 Å². The van der Waals surface area contributed by atoms with Crippen LogP contribution in [-0.4, -0.2) is 45.8 Å². The van der Waals surface area contributed by atoms with Gasteiger partial charge in [-0.1, -0.05) is 36.4 Å². The van der Waals surface area contributed by atoms with Crippen molar-refractivity contribution in [2.75, 3.05) is 13.6 Å². The number of aliphatic carboxylic acids is 2. The normalized spacial score (nSPS) is 15.2. The Balaban J connectivity index is 0.000000312. The largest absolute Gasteiger partial charge is 0.478 e. The van der Waals surface area contributed by atoms with E-state index >= 15 is 0 Å². The molecule has 0 spiro atoms. The lowest BCUT2D eigenvalue weighted by Crippen LogP contribution is -2.25. The molecule has 170 valence electrons. The number of aryl methyl sites for hydroxylation is 2. The van der Waals surface area contributed by atoms with E-state index in [1.165, 1.54) is 59.1 Å². The highest BCUT2D eigenvalue weighted by atomic mass is 16.4. The van der Waals surface area contributed by atoms with E-state index in [0.29, 0.717) is 18.7 Å². The Kier molecular flexibility index (Phi) is 8.20. The summed E-state index contributed by atoms with van der Waals surface area (Å²) in [4.78, 5) is 21.4. The van der Waals surface area contributed by atoms with Gasteiger partial charge in [0.2, 0.25) is 0 Å². The summed E-state index contributed by atoms with van der Waals surface area (Å²) < 4.78 is 0. The van der Waals surface area contributed by atoms with Gasteiger partial charge in [0.25, 0.3) is 0 Å². The molecule has 6 nitrogen and oxygen atoms in total. The number of carboxylic acid groups (broad SMARTS) is 2. The number of carbonyl (C=O) groups is 2. The van der Waals surface area contributed by atoms with Gasteiger partial charge in [-0.2, -0.15) is 0 Å². The van der Waals surface area contributed by atoms with E-state index in [2.05, 4.69) is 48.3 Å². The van der Waals surface area contributed by atoms with Crippen LogP contribution in [-0.2, 0) is 41.8 Å². The van der Waals surface area contributed by atoms with E-state index < -0.39 is 11.9 Å². The van der Waals surface area contributed by atoms with Crippen LogP contribution in [0.25, 0.3) is 0 Å². The molecule has 0 aromatic heterocycles. The summed E-state index contributed by atoms with van der Waals surface area (Å²) in [7, 11) is 2.11. The maximum absolute atomic E-state index is 11.1. The fraction of sp³-hybridized carbons (Fsp3) is 0.385. The molecule has 0 amide bonds.